The lowest BCUT2D eigenvalue weighted by Gasteiger charge is -2.07. The maximum atomic E-state index is 5.58. The summed E-state index contributed by atoms with van der Waals surface area (Å²) in [6.07, 6.45) is 1.88. The summed E-state index contributed by atoms with van der Waals surface area (Å²) in [6, 6.07) is 0. The highest BCUT2D eigenvalue weighted by molar-refractivity contribution is 5.25. The van der Waals surface area contributed by atoms with Gasteiger partial charge in [0.05, 0.1) is 0 Å². The van der Waals surface area contributed by atoms with Crippen LogP contribution in [-0.4, -0.2) is 0 Å². The molecule has 0 unspecified atom stereocenters. The predicted octanol–water partition coefficient (Wildman–Crippen LogP) is 2.86. The van der Waals surface area contributed by atoms with E-state index in [4.69, 9.17) is 5.73 Å². The maximum absolute atomic E-state index is 5.58. The molecule has 0 fully saturated rings. The Hall–Kier alpha value is -0.980. The van der Waals surface area contributed by atoms with Crippen LogP contribution in [0.2, 0.25) is 0 Å². The van der Waals surface area contributed by atoms with Crippen LogP contribution < -0.4 is 5.73 Å². The fourth-order valence-electron chi connectivity index (χ4n) is 0.519. The first kappa shape index (κ1) is 12.7. The van der Waals surface area contributed by atoms with Gasteiger partial charge in [0, 0.05) is 5.70 Å². The molecule has 0 radical (unpaired) electrons. The third kappa shape index (κ3) is 5.46. The topological polar surface area (TPSA) is 26.0 Å². The second kappa shape index (κ2) is 7.13. The van der Waals surface area contributed by atoms with E-state index in [1.807, 2.05) is 13.0 Å². The molecule has 0 spiro atoms. The number of hydrogen-bond acceptors (Lipinski definition) is 1. The van der Waals surface area contributed by atoms with Crippen molar-refractivity contribution in [3.8, 4) is 0 Å². The maximum Gasteiger partial charge on any atom is 0.0299 e. The predicted molar refractivity (Wildman–Crippen MR) is 53.2 cm³/mol. The Balaban J connectivity index is 0. The van der Waals surface area contributed by atoms with Gasteiger partial charge in [0.15, 0.2) is 0 Å². The van der Waals surface area contributed by atoms with E-state index in [9.17, 15) is 0 Å². The summed E-state index contributed by atoms with van der Waals surface area (Å²) in [5.41, 5.74) is 7.41. The SMILES string of the molecule is C=C.C=C(/C(N)=C\C)C(C)C. The zero-order valence-corrected chi connectivity index (χ0v) is 7.85. The van der Waals surface area contributed by atoms with Crippen molar-refractivity contribution in [2.45, 2.75) is 20.8 Å². The van der Waals surface area contributed by atoms with Gasteiger partial charge in [0.25, 0.3) is 0 Å². The lowest BCUT2D eigenvalue weighted by atomic mass is 10.0. The highest BCUT2D eigenvalue weighted by Crippen LogP contribution is 2.11. The fraction of sp³-hybridized carbons (Fsp3) is 0.400. The van der Waals surface area contributed by atoms with Crippen molar-refractivity contribution in [2.24, 2.45) is 11.7 Å². The van der Waals surface area contributed by atoms with Crippen LogP contribution in [0.25, 0.3) is 0 Å². The molecule has 0 atom stereocenters. The second-order valence-electron chi connectivity index (χ2n) is 2.42. The van der Waals surface area contributed by atoms with Crippen molar-refractivity contribution in [1.29, 1.82) is 0 Å². The van der Waals surface area contributed by atoms with Crippen molar-refractivity contribution < 1.29 is 0 Å². The van der Waals surface area contributed by atoms with Crippen molar-refractivity contribution in [3.05, 3.63) is 37.1 Å². The second-order valence-corrected chi connectivity index (χ2v) is 2.42. The Morgan fingerprint density at radius 1 is 1.36 bits per heavy atom. The Labute approximate surface area is 70.3 Å². The number of hydrogen-bond donors (Lipinski definition) is 1. The zero-order chi connectivity index (χ0) is 9.44. The van der Waals surface area contributed by atoms with Crippen molar-refractivity contribution in [2.75, 3.05) is 0 Å². The molecule has 0 bridgehead atoms. The van der Waals surface area contributed by atoms with Gasteiger partial charge >= 0.3 is 0 Å². The van der Waals surface area contributed by atoms with Crippen LogP contribution in [0.1, 0.15) is 20.8 Å². The largest absolute Gasteiger partial charge is 0.399 e. The van der Waals surface area contributed by atoms with Gasteiger partial charge in [-0.25, -0.2) is 0 Å². The van der Waals surface area contributed by atoms with E-state index >= 15 is 0 Å². The quantitative estimate of drug-likeness (QED) is 0.479. The molecule has 0 amide bonds. The van der Waals surface area contributed by atoms with Crippen molar-refractivity contribution in [1.82, 2.24) is 0 Å². The van der Waals surface area contributed by atoms with Crippen LogP contribution in [0.4, 0.5) is 0 Å². The molecule has 0 aromatic heterocycles. The zero-order valence-electron chi connectivity index (χ0n) is 7.85. The molecule has 2 N–H and O–H groups in total. The number of allylic oxidation sites excluding steroid dienone is 2. The molecule has 0 rings (SSSR count). The molecule has 11 heavy (non-hydrogen) atoms. The fourth-order valence-corrected chi connectivity index (χ4v) is 0.519. The summed E-state index contributed by atoms with van der Waals surface area (Å²) in [4.78, 5) is 0. The first-order chi connectivity index (χ1) is 5.09. The Morgan fingerprint density at radius 2 is 1.73 bits per heavy atom. The summed E-state index contributed by atoms with van der Waals surface area (Å²) >= 11 is 0. The van der Waals surface area contributed by atoms with Gasteiger partial charge in [0.1, 0.15) is 0 Å². The van der Waals surface area contributed by atoms with E-state index < -0.39 is 0 Å². The van der Waals surface area contributed by atoms with Gasteiger partial charge in [-0.05, 0) is 18.4 Å². The van der Waals surface area contributed by atoms with E-state index in [1.54, 1.807) is 0 Å². The van der Waals surface area contributed by atoms with E-state index in [1.165, 1.54) is 0 Å². The lowest BCUT2D eigenvalue weighted by molar-refractivity contribution is 0.778. The third-order valence-corrected chi connectivity index (χ3v) is 1.38. The molecular weight excluding hydrogens is 134 g/mol. The van der Waals surface area contributed by atoms with E-state index in [2.05, 4.69) is 33.6 Å². The van der Waals surface area contributed by atoms with Gasteiger partial charge in [-0.15, -0.1) is 13.2 Å². The monoisotopic (exact) mass is 153 g/mol. The molecule has 0 aromatic rings. The molecule has 0 aliphatic rings. The van der Waals surface area contributed by atoms with Gasteiger partial charge in [-0.3, -0.25) is 0 Å². The highest BCUT2D eigenvalue weighted by atomic mass is 14.6. The summed E-state index contributed by atoms with van der Waals surface area (Å²) in [5, 5.41) is 0. The average Bonchev–Trinajstić information content (AvgIpc) is 2.05. The minimum absolute atomic E-state index is 0.459. The van der Waals surface area contributed by atoms with E-state index in [0.29, 0.717) is 5.92 Å². The van der Waals surface area contributed by atoms with E-state index in [0.717, 1.165) is 11.3 Å². The lowest BCUT2D eigenvalue weighted by Crippen LogP contribution is -2.04. The molecule has 0 aliphatic carbocycles. The minimum Gasteiger partial charge on any atom is -0.399 e. The highest BCUT2D eigenvalue weighted by Gasteiger charge is 2.00. The van der Waals surface area contributed by atoms with Gasteiger partial charge in [0.2, 0.25) is 0 Å². The molecular formula is C10H19N. The molecule has 0 aliphatic heterocycles. The first-order valence-electron chi connectivity index (χ1n) is 3.70. The number of rotatable bonds is 2. The minimum atomic E-state index is 0.459. The Bertz CT molecular complexity index is 143. The summed E-state index contributed by atoms with van der Waals surface area (Å²) in [7, 11) is 0. The van der Waals surface area contributed by atoms with Crippen LogP contribution >= 0.6 is 0 Å². The Kier molecular flexibility index (Phi) is 8.22. The van der Waals surface area contributed by atoms with Crippen LogP contribution in [0.5, 0.6) is 0 Å². The molecule has 0 aromatic carbocycles. The molecule has 0 saturated carbocycles. The van der Waals surface area contributed by atoms with Crippen LogP contribution in [0.3, 0.4) is 0 Å². The molecule has 1 heteroatoms. The molecule has 0 saturated heterocycles. The van der Waals surface area contributed by atoms with Crippen molar-refractivity contribution >= 4 is 0 Å². The van der Waals surface area contributed by atoms with Crippen molar-refractivity contribution in [3.63, 3.8) is 0 Å². The van der Waals surface area contributed by atoms with Crippen LogP contribution in [0.15, 0.2) is 37.1 Å². The number of nitrogens with two attached hydrogens (primary N) is 1. The van der Waals surface area contributed by atoms with Gasteiger partial charge in [-0.1, -0.05) is 26.5 Å². The van der Waals surface area contributed by atoms with Crippen LogP contribution in [-0.2, 0) is 0 Å². The normalized spacial score (nSPS) is 10.4. The average molecular weight is 153 g/mol. The summed E-state index contributed by atoms with van der Waals surface area (Å²) in [6.45, 7) is 15.9. The first-order valence-corrected chi connectivity index (χ1v) is 3.70. The van der Waals surface area contributed by atoms with Crippen LogP contribution in [0, 0.1) is 5.92 Å². The van der Waals surface area contributed by atoms with Gasteiger partial charge in [-0.2, -0.15) is 0 Å². The molecule has 0 heterocycles. The summed E-state index contributed by atoms with van der Waals surface area (Å²) in [5.74, 6) is 0.459. The third-order valence-electron chi connectivity index (χ3n) is 1.38. The van der Waals surface area contributed by atoms with E-state index in [-0.39, 0.29) is 0 Å². The smallest absolute Gasteiger partial charge is 0.0299 e. The standard InChI is InChI=1S/C8H15N.C2H4/c1-5-8(9)7(4)6(2)3;1-2/h5-6H,4,9H2,1-3H3;1-2H2/b8-5+;. The molecule has 64 valence electrons. The Morgan fingerprint density at radius 3 is 1.82 bits per heavy atom. The molecule has 1 nitrogen and oxygen atoms in total. The summed E-state index contributed by atoms with van der Waals surface area (Å²) < 4.78 is 0. The van der Waals surface area contributed by atoms with Gasteiger partial charge < -0.3 is 5.73 Å².